The summed E-state index contributed by atoms with van der Waals surface area (Å²) in [6, 6.07) is 9.31. The monoisotopic (exact) mass is 557 g/mol. The van der Waals surface area contributed by atoms with Crippen molar-refractivity contribution >= 4 is 38.6 Å². The smallest absolute Gasteiger partial charge is 0.252 e. The first-order valence-electron chi connectivity index (χ1n) is 12.9. The average molecular weight is 559 g/mol. The first-order valence-corrected chi connectivity index (χ1v) is 13.7. The van der Waals surface area contributed by atoms with E-state index in [4.69, 9.17) is 4.98 Å². The van der Waals surface area contributed by atoms with E-state index in [1.165, 1.54) is 12.5 Å². The summed E-state index contributed by atoms with van der Waals surface area (Å²) in [6.45, 7) is 8.26. The van der Waals surface area contributed by atoms with Gasteiger partial charge in [-0.15, -0.1) is 0 Å². The molecule has 36 heavy (non-hydrogen) atoms. The van der Waals surface area contributed by atoms with Crippen molar-refractivity contribution in [2.24, 2.45) is 5.92 Å². The Bertz CT molecular complexity index is 1250. The van der Waals surface area contributed by atoms with E-state index >= 15 is 0 Å². The van der Waals surface area contributed by atoms with E-state index in [-0.39, 0.29) is 18.4 Å². The van der Waals surface area contributed by atoms with Crippen LogP contribution in [0.5, 0.6) is 0 Å². The molecule has 2 aromatic carbocycles. The first kappa shape index (κ1) is 26.5. The largest absolute Gasteiger partial charge is 0.356 e. The Kier molecular flexibility index (Phi) is 8.60. The number of rotatable bonds is 8. The fraction of sp³-hybridized carbons (Fsp3) is 0.448. The highest BCUT2D eigenvalue weighted by atomic mass is 79.9. The molecule has 0 spiro atoms. The standard InChI is InChI=1S/C29H34BrF2N3O/c1-4-7-20(23-15-22(31)10-11-25(23)32)16-33-29(36)27-18(3)28(35-13-6-8-19(5-2)17-35)34-26-12-9-21(30)14-24(26)27/h9-12,14-15,19-20H,4-8,13,16-17H2,1-3H3,(H,33,36). The summed E-state index contributed by atoms with van der Waals surface area (Å²) in [6.07, 6.45) is 4.88. The molecule has 7 heteroatoms. The van der Waals surface area contributed by atoms with Crippen molar-refractivity contribution in [3.05, 3.63) is 69.2 Å². The van der Waals surface area contributed by atoms with Crippen LogP contribution in [0.1, 0.15) is 73.4 Å². The summed E-state index contributed by atoms with van der Waals surface area (Å²) in [7, 11) is 0. The zero-order valence-corrected chi connectivity index (χ0v) is 22.8. The summed E-state index contributed by atoms with van der Waals surface area (Å²) >= 11 is 3.53. The second-order valence-corrected chi connectivity index (χ2v) is 10.7. The van der Waals surface area contributed by atoms with Gasteiger partial charge in [0.2, 0.25) is 0 Å². The van der Waals surface area contributed by atoms with Crippen LogP contribution >= 0.6 is 15.9 Å². The molecule has 4 rings (SSSR count). The van der Waals surface area contributed by atoms with E-state index in [0.29, 0.717) is 23.5 Å². The molecule has 1 N–H and O–H groups in total. The molecule has 0 radical (unpaired) electrons. The van der Waals surface area contributed by atoms with Crippen LogP contribution in [0.15, 0.2) is 40.9 Å². The van der Waals surface area contributed by atoms with Crippen molar-refractivity contribution in [3.63, 3.8) is 0 Å². The molecular weight excluding hydrogens is 524 g/mol. The molecule has 192 valence electrons. The molecule has 0 saturated carbocycles. The van der Waals surface area contributed by atoms with Gasteiger partial charge in [-0.05, 0) is 74.1 Å². The van der Waals surface area contributed by atoms with Crippen molar-refractivity contribution in [1.82, 2.24) is 10.3 Å². The van der Waals surface area contributed by atoms with Crippen LogP contribution in [0.4, 0.5) is 14.6 Å². The van der Waals surface area contributed by atoms with E-state index in [1.54, 1.807) is 0 Å². The number of piperidine rings is 1. The molecular formula is C29H34BrF2N3O. The summed E-state index contributed by atoms with van der Waals surface area (Å²) in [5.41, 5.74) is 2.50. The molecule has 1 aliphatic heterocycles. The van der Waals surface area contributed by atoms with Crippen molar-refractivity contribution in [1.29, 1.82) is 0 Å². The van der Waals surface area contributed by atoms with Crippen LogP contribution < -0.4 is 10.2 Å². The summed E-state index contributed by atoms with van der Waals surface area (Å²) in [5.74, 6) is 0.0127. The quantitative estimate of drug-likeness (QED) is 0.311. The maximum atomic E-state index is 14.5. The number of hydrogen-bond donors (Lipinski definition) is 1. The van der Waals surface area contributed by atoms with Gasteiger partial charge in [0, 0.05) is 41.0 Å². The molecule has 1 fully saturated rings. The molecule has 4 nitrogen and oxygen atoms in total. The average Bonchev–Trinajstić information content (AvgIpc) is 2.87. The Balaban J connectivity index is 1.69. The van der Waals surface area contributed by atoms with Crippen LogP contribution in [-0.2, 0) is 0 Å². The Hall–Kier alpha value is -2.54. The van der Waals surface area contributed by atoms with E-state index in [0.717, 1.165) is 71.2 Å². The third kappa shape index (κ3) is 5.72. The molecule has 2 atom stereocenters. The zero-order valence-electron chi connectivity index (χ0n) is 21.2. The number of hydrogen-bond acceptors (Lipinski definition) is 3. The fourth-order valence-electron chi connectivity index (χ4n) is 5.36. The number of anilines is 1. The SMILES string of the molecule is CCCC(CNC(=O)c1c(C)c(N2CCCC(CC)C2)nc2ccc(Br)cc12)c1cc(F)ccc1F. The molecule has 3 aromatic rings. The van der Waals surface area contributed by atoms with E-state index in [2.05, 4.69) is 33.1 Å². The molecule has 1 amide bonds. The molecule has 1 aliphatic rings. The number of carbonyl (C=O) groups excluding carboxylic acids is 1. The molecule has 0 bridgehead atoms. The minimum Gasteiger partial charge on any atom is -0.356 e. The molecule has 1 aromatic heterocycles. The normalized spacial score (nSPS) is 16.8. The Morgan fingerprint density at radius 2 is 2.03 bits per heavy atom. The third-order valence-electron chi connectivity index (χ3n) is 7.33. The van der Waals surface area contributed by atoms with Gasteiger partial charge in [0.05, 0.1) is 11.1 Å². The van der Waals surface area contributed by atoms with Gasteiger partial charge in [0.1, 0.15) is 17.5 Å². The lowest BCUT2D eigenvalue weighted by Gasteiger charge is -2.34. The van der Waals surface area contributed by atoms with Gasteiger partial charge in [0.15, 0.2) is 0 Å². The molecule has 0 aliphatic carbocycles. The lowest BCUT2D eigenvalue weighted by Crippen LogP contribution is -2.37. The van der Waals surface area contributed by atoms with Crippen molar-refractivity contribution in [3.8, 4) is 0 Å². The summed E-state index contributed by atoms with van der Waals surface area (Å²) < 4.78 is 29.3. The predicted molar refractivity (Wildman–Crippen MR) is 146 cm³/mol. The highest BCUT2D eigenvalue weighted by Gasteiger charge is 2.26. The van der Waals surface area contributed by atoms with Crippen LogP contribution in [-0.4, -0.2) is 30.5 Å². The second-order valence-electron chi connectivity index (χ2n) is 9.82. The minimum absolute atomic E-state index is 0.221. The minimum atomic E-state index is -0.476. The summed E-state index contributed by atoms with van der Waals surface area (Å²) in [5, 5.41) is 3.82. The molecule has 1 saturated heterocycles. The fourth-order valence-corrected chi connectivity index (χ4v) is 5.72. The lowest BCUT2D eigenvalue weighted by molar-refractivity contribution is 0.0951. The number of benzene rings is 2. The second kappa shape index (κ2) is 11.7. The Labute approximate surface area is 220 Å². The first-order chi connectivity index (χ1) is 17.3. The lowest BCUT2D eigenvalue weighted by atomic mass is 9.93. The van der Waals surface area contributed by atoms with Gasteiger partial charge >= 0.3 is 0 Å². The van der Waals surface area contributed by atoms with E-state index < -0.39 is 11.6 Å². The van der Waals surface area contributed by atoms with Crippen LogP contribution in [0.3, 0.4) is 0 Å². The Morgan fingerprint density at radius 1 is 1.22 bits per heavy atom. The van der Waals surface area contributed by atoms with Crippen LogP contribution in [0.25, 0.3) is 10.9 Å². The number of aromatic nitrogens is 1. The number of halogens is 3. The van der Waals surface area contributed by atoms with E-state index in [9.17, 15) is 13.6 Å². The number of amides is 1. The van der Waals surface area contributed by atoms with Crippen molar-refractivity contribution < 1.29 is 13.6 Å². The van der Waals surface area contributed by atoms with Gasteiger partial charge in [0.25, 0.3) is 5.91 Å². The highest BCUT2D eigenvalue weighted by Crippen LogP contribution is 2.33. The van der Waals surface area contributed by atoms with E-state index in [1.807, 2.05) is 32.0 Å². The maximum absolute atomic E-state index is 14.5. The van der Waals surface area contributed by atoms with Gasteiger partial charge in [-0.3, -0.25) is 4.79 Å². The molecule has 2 unspecified atom stereocenters. The number of nitrogens with zero attached hydrogens (tertiary/aromatic N) is 2. The van der Waals surface area contributed by atoms with Gasteiger partial charge < -0.3 is 10.2 Å². The third-order valence-corrected chi connectivity index (χ3v) is 7.82. The highest BCUT2D eigenvalue weighted by molar-refractivity contribution is 9.10. The van der Waals surface area contributed by atoms with Gasteiger partial charge in [-0.2, -0.15) is 0 Å². The molecule has 2 heterocycles. The topological polar surface area (TPSA) is 45.2 Å². The van der Waals surface area contributed by atoms with Crippen molar-refractivity contribution in [2.45, 2.75) is 58.8 Å². The van der Waals surface area contributed by atoms with Gasteiger partial charge in [-0.1, -0.05) is 42.6 Å². The van der Waals surface area contributed by atoms with Crippen molar-refractivity contribution in [2.75, 3.05) is 24.5 Å². The number of carbonyl (C=O) groups is 1. The van der Waals surface area contributed by atoms with Gasteiger partial charge in [-0.25, -0.2) is 13.8 Å². The van der Waals surface area contributed by atoms with Crippen LogP contribution in [0.2, 0.25) is 0 Å². The van der Waals surface area contributed by atoms with Crippen LogP contribution in [0, 0.1) is 24.5 Å². The number of fused-ring (bicyclic) bond motifs is 1. The number of nitrogens with one attached hydrogen (secondary N) is 1. The Morgan fingerprint density at radius 3 is 2.78 bits per heavy atom. The summed E-state index contributed by atoms with van der Waals surface area (Å²) in [4.78, 5) is 21.0. The zero-order chi connectivity index (χ0) is 25.8. The number of pyridine rings is 1. The maximum Gasteiger partial charge on any atom is 0.252 e. The predicted octanol–water partition coefficient (Wildman–Crippen LogP) is 7.52.